The number of aromatic nitrogens is 3. The fourth-order valence-electron chi connectivity index (χ4n) is 2.65. The number of nitrogens with zero attached hydrogens (tertiary/aromatic N) is 4. The first-order valence-corrected chi connectivity index (χ1v) is 8.03. The second-order valence-electron chi connectivity index (χ2n) is 5.56. The van der Waals surface area contributed by atoms with Crippen LogP contribution in [0, 0.1) is 0 Å². The van der Waals surface area contributed by atoms with Crippen molar-refractivity contribution in [3.8, 4) is 0 Å². The highest BCUT2D eigenvalue weighted by Gasteiger charge is 2.13. The molecule has 0 radical (unpaired) electrons. The molecule has 3 rings (SSSR count). The Balaban J connectivity index is 1.71. The van der Waals surface area contributed by atoms with Crippen molar-refractivity contribution in [3.63, 3.8) is 0 Å². The number of pyridine rings is 1. The third-order valence-corrected chi connectivity index (χ3v) is 4.15. The Hall–Kier alpha value is -2.28. The molecule has 1 saturated heterocycles. The molecule has 3 heterocycles. The molecule has 1 fully saturated rings. The lowest BCUT2D eigenvalue weighted by Gasteiger charge is -2.28. The summed E-state index contributed by atoms with van der Waals surface area (Å²) in [6.45, 7) is 2.68. The van der Waals surface area contributed by atoms with E-state index in [1.165, 1.54) is 19.3 Å². The van der Waals surface area contributed by atoms with Crippen LogP contribution in [-0.2, 0) is 6.54 Å². The molecular formula is C15H20ClN7. The molecule has 1 aliphatic heterocycles. The molecular weight excluding hydrogens is 314 g/mol. The summed E-state index contributed by atoms with van der Waals surface area (Å²) in [5.74, 6) is 1.55. The summed E-state index contributed by atoms with van der Waals surface area (Å²) in [5.41, 5.74) is 12.9. The smallest absolute Gasteiger partial charge is 0.223 e. The summed E-state index contributed by atoms with van der Waals surface area (Å²) in [4.78, 5) is 14.7. The van der Waals surface area contributed by atoms with Gasteiger partial charge < -0.3 is 21.7 Å². The van der Waals surface area contributed by atoms with Gasteiger partial charge in [-0.1, -0.05) is 11.6 Å². The Labute approximate surface area is 140 Å². The zero-order valence-electron chi connectivity index (χ0n) is 12.8. The van der Waals surface area contributed by atoms with E-state index in [0.29, 0.717) is 18.1 Å². The van der Waals surface area contributed by atoms with E-state index in [9.17, 15) is 0 Å². The van der Waals surface area contributed by atoms with E-state index in [2.05, 4.69) is 31.2 Å². The molecule has 0 aromatic carbocycles. The predicted octanol–water partition coefficient (Wildman–Crippen LogP) is 2.29. The molecule has 1 aliphatic rings. The first-order valence-electron chi connectivity index (χ1n) is 7.66. The second kappa shape index (κ2) is 6.87. The van der Waals surface area contributed by atoms with Gasteiger partial charge in [-0.2, -0.15) is 9.97 Å². The molecule has 7 nitrogen and oxygen atoms in total. The largest absolute Gasteiger partial charge is 0.393 e. The summed E-state index contributed by atoms with van der Waals surface area (Å²) < 4.78 is 0. The number of anilines is 4. The number of hydrogen-bond acceptors (Lipinski definition) is 7. The summed E-state index contributed by atoms with van der Waals surface area (Å²) >= 11 is 5.91. The molecule has 23 heavy (non-hydrogen) atoms. The summed E-state index contributed by atoms with van der Waals surface area (Å²) in [5, 5.41) is 3.31. The molecule has 8 heteroatoms. The standard InChI is InChI=1S/C15H20ClN7/c16-13-12(17)14(22-15(18)21-13)20-9-10-4-5-19-11(8-10)23-6-2-1-3-7-23/h4-5,8H,1-3,6-7,9,17H2,(H3,18,20,21,22). The number of nitrogens with two attached hydrogens (primary N) is 2. The van der Waals surface area contributed by atoms with Crippen LogP contribution in [0.15, 0.2) is 18.3 Å². The van der Waals surface area contributed by atoms with Crippen LogP contribution in [-0.4, -0.2) is 28.0 Å². The van der Waals surface area contributed by atoms with Crippen molar-refractivity contribution < 1.29 is 0 Å². The Morgan fingerprint density at radius 2 is 1.96 bits per heavy atom. The average molecular weight is 334 g/mol. The van der Waals surface area contributed by atoms with Crippen molar-refractivity contribution in [1.29, 1.82) is 0 Å². The highest BCUT2D eigenvalue weighted by atomic mass is 35.5. The van der Waals surface area contributed by atoms with Crippen LogP contribution in [0.1, 0.15) is 24.8 Å². The van der Waals surface area contributed by atoms with Gasteiger partial charge in [-0.25, -0.2) is 4.98 Å². The summed E-state index contributed by atoms with van der Waals surface area (Å²) in [6.07, 6.45) is 5.57. The molecule has 0 atom stereocenters. The minimum Gasteiger partial charge on any atom is -0.393 e. The van der Waals surface area contributed by atoms with Crippen molar-refractivity contribution in [2.75, 3.05) is 34.8 Å². The van der Waals surface area contributed by atoms with Gasteiger partial charge in [0.25, 0.3) is 0 Å². The molecule has 0 saturated carbocycles. The van der Waals surface area contributed by atoms with Gasteiger partial charge in [-0.05, 0) is 37.0 Å². The Bertz CT molecular complexity index is 686. The summed E-state index contributed by atoms with van der Waals surface area (Å²) in [7, 11) is 0. The van der Waals surface area contributed by atoms with E-state index >= 15 is 0 Å². The molecule has 0 aliphatic carbocycles. The zero-order chi connectivity index (χ0) is 16.2. The van der Waals surface area contributed by atoms with E-state index in [1.807, 2.05) is 12.3 Å². The van der Waals surface area contributed by atoms with Crippen LogP contribution in [0.5, 0.6) is 0 Å². The summed E-state index contributed by atoms with van der Waals surface area (Å²) in [6, 6.07) is 4.05. The minimum absolute atomic E-state index is 0.0930. The lowest BCUT2D eigenvalue weighted by molar-refractivity contribution is 0.573. The van der Waals surface area contributed by atoms with Crippen molar-refractivity contribution in [2.45, 2.75) is 25.8 Å². The molecule has 0 amide bonds. The number of nitrogen functional groups attached to an aromatic ring is 2. The normalized spacial score (nSPS) is 14.7. The van der Waals surface area contributed by atoms with Gasteiger partial charge in [-0.15, -0.1) is 0 Å². The number of hydrogen-bond donors (Lipinski definition) is 3. The highest BCUT2D eigenvalue weighted by Crippen LogP contribution is 2.25. The molecule has 122 valence electrons. The van der Waals surface area contributed by atoms with Crippen molar-refractivity contribution >= 4 is 34.9 Å². The molecule has 0 unspecified atom stereocenters. The number of rotatable bonds is 4. The number of piperidine rings is 1. The van der Waals surface area contributed by atoms with Crippen LogP contribution in [0.4, 0.5) is 23.3 Å². The first-order chi connectivity index (χ1) is 11.1. The topological polar surface area (TPSA) is 106 Å². The highest BCUT2D eigenvalue weighted by molar-refractivity contribution is 6.32. The van der Waals surface area contributed by atoms with Crippen LogP contribution in [0.25, 0.3) is 0 Å². The lowest BCUT2D eigenvalue weighted by atomic mass is 10.1. The van der Waals surface area contributed by atoms with Gasteiger partial charge >= 0.3 is 0 Å². The van der Waals surface area contributed by atoms with Gasteiger partial charge in [0.1, 0.15) is 11.5 Å². The molecule has 0 bridgehead atoms. The van der Waals surface area contributed by atoms with Gasteiger partial charge in [-0.3, -0.25) is 0 Å². The van der Waals surface area contributed by atoms with E-state index in [4.69, 9.17) is 23.1 Å². The molecule has 2 aromatic rings. The van der Waals surface area contributed by atoms with E-state index in [0.717, 1.165) is 24.5 Å². The fraction of sp³-hybridized carbons (Fsp3) is 0.400. The minimum atomic E-state index is 0.0930. The fourth-order valence-corrected chi connectivity index (χ4v) is 2.82. The van der Waals surface area contributed by atoms with Crippen molar-refractivity contribution in [1.82, 2.24) is 15.0 Å². The van der Waals surface area contributed by atoms with Crippen molar-refractivity contribution in [3.05, 3.63) is 29.0 Å². The predicted molar refractivity (Wildman–Crippen MR) is 93.5 cm³/mol. The Morgan fingerprint density at radius 3 is 2.74 bits per heavy atom. The van der Waals surface area contributed by atoms with E-state index in [1.54, 1.807) is 0 Å². The number of nitrogens with one attached hydrogen (secondary N) is 1. The molecule has 0 spiro atoms. The van der Waals surface area contributed by atoms with Gasteiger partial charge in [0.05, 0.1) is 0 Å². The quantitative estimate of drug-likeness (QED) is 0.737. The van der Waals surface area contributed by atoms with Crippen LogP contribution >= 0.6 is 11.6 Å². The Morgan fingerprint density at radius 1 is 1.17 bits per heavy atom. The van der Waals surface area contributed by atoms with Crippen LogP contribution in [0.3, 0.4) is 0 Å². The Kier molecular flexibility index (Phi) is 4.66. The SMILES string of the molecule is Nc1nc(Cl)c(N)c(NCc2ccnc(N3CCCCC3)c2)n1. The van der Waals surface area contributed by atoms with Crippen LogP contribution < -0.4 is 21.7 Å². The maximum atomic E-state index is 5.91. The van der Waals surface area contributed by atoms with Gasteiger partial charge in [0, 0.05) is 25.8 Å². The lowest BCUT2D eigenvalue weighted by Crippen LogP contribution is -2.30. The monoisotopic (exact) mass is 333 g/mol. The van der Waals surface area contributed by atoms with Crippen LogP contribution in [0.2, 0.25) is 5.15 Å². The maximum Gasteiger partial charge on any atom is 0.223 e. The number of halogens is 1. The first kappa shape index (κ1) is 15.6. The average Bonchev–Trinajstić information content (AvgIpc) is 2.58. The van der Waals surface area contributed by atoms with Gasteiger partial charge in [0.15, 0.2) is 11.0 Å². The third kappa shape index (κ3) is 3.73. The van der Waals surface area contributed by atoms with E-state index < -0.39 is 0 Å². The second-order valence-corrected chi connectivity index (χ2v) is 5.92. The molecule has 5 N–H and O–H groups in total. The third-order valence-electron chi connectivity index (χ3n) is 3.87. The zero-order valence-corrected chi connectivity index (χ0v) is 13.6. The maximum absolute atomic E-state index is 5.91. The van der Waals surface area contributed by atoms with Gasteiger partial charge in [0.2, 0.25) is 5.95 Å². The van der Waals surface area contributed by atoms with Crippen molar-refractivity contribution in [2.24, 2.45) is 0 Å². The molecule has 2 aromatic heterocycles. The van der Waals surface area contributed by atoms with E-state index in [-0.39, 0.29) is 11.1 Å².